The average Bonchev–Trinajstić information content (AvgIpc) is 3.22. The molecule has 0 amide bonds. The van der Waals surface area contributed by atoms with Crippen LogP contribution in [0.5, 0.6) is 5.75 Å². The van der Waals surface area contributed by atoms with Gasteiger partial charge in [0.15, 0.2) is 0 Å². The molecule has 0 radical (unpaired) electrons. The monoisotopic (exact) mass is 668 g/mol. The molecule has 0 spiro atoms. The Morgan fingerprint density at radius 3 is 2.29 bits per heavy atom. The fourth-order valence-electron chi connectivity index (χ4n) is 8.19. The number of fused-ring (bicyclic) bond motifs is 5. The van der Waals surface area contributed by atoms with Crippen LogP contribution in [0.3, 0.4) is 0 Å². The Kier molecular flexibility index (Phi) is 11.4. The number of unbranched alkanes of at least 4 members (excludes halogenated alkanes) is 6. The molecule has 2 fully saturated rings. The van der Waals surface area contributed by atoms with E-state index in [0.29, 0.717) is 35.2 Å². The van der Waals surface area contributed by atoms with Gasteiger partial charge in [-0.2, -0.15) is 33.7 Å². The molecule has 41 heavy (non-hydrogen) atoms. The van der Waals surface area contributed by atoms with Crippen LogP contribution in [0.25, 0.3) is 0 Å². The lowest BCUT2D eigenvalue weighted by Crippen LogP contribution is -2.47. The molecule has 0 bridgehead atoms. The first kappa shape index (κ1) is 33.4. The maximum atomic E-state index is 12.9. The molecule has 2 nitrogen and oxygen atoms in total. The zero-order chi connectivity index (χ0) is 29.8. The number of thioether (sulfide) groups is 1. The van der Waals surface area contributed by atoms with Gasteiger partial charge in [0.05, 0.1) is 10.6 Å². The molecule has 1 aromatic carbocycles. The van der Waals surface area contributed by atoms with Crippen LogP contribution in [-0.2, 0) is 6.42 Å². The van der Waals surface area contributed by atoms with E-state index in [-0.39, 0.29) is 17.9 Å². The van der Waals surface area contributed by atoms with Crippen molar-refractivity contribution in [1.29, 1.82) is 0 Å². The molecule has 6 atom stereocenters. The molecular formula is C32H46BrF5O2S. The number of hydrogen-bond acceptors (Lipinski definition) is 3. The van der Waals surface area contributed by atoms with E-state index in [1.807, 2.05) is 6.07 Å². The van der Waals surface area contributed by atoms with Gasteiger partial charge in [-0.25, -0.2) is 0 Å². The van der Waals surface area contributed by atoms with E-state index < -0.39 is 18.5 Å². The number of alkyl halides is 5. The van der Waals surface area contributed by atoms with Crippen LogP contribution in [-0.4, -0.2) is 39.9 Å². The average molecular weight is 670 g/mol. The van der Waals surface area contributed by atoms with Crippen molar-refractivity contribution in [1.82, 2.24) is 0 Å². The molecule has 234 valence electrons. The highest BCUT2D eigenvalue weighted by Crippen LogP contribution is 2.63. The van der Waals surface area contributed by atoms with Crippen molar-refractivity contribution in [2.75, 3.05) is 11.5 Å². The van der Waals surface area contributed by atoms with Crippen molar-refractivity contribution >= 4 is 27.7 Å². The molecule has 3 aliphatic rings. The Hall–Kier alpha value is -0.540. The maximum absolute atomic E-state index is 12.9. The van der Waals surface area contributed by atoms with Gasteiger partial charge in [-0.15, -0.1) is 0 Å². The number of hydrogen-bond donors (Lipinski definition) is 2. The molecule has 9 heteroatoms. The van der Waals surface area contributed by atoms with Crippen molar-refractivity contribution in [2.45, 2.75) is 127 Å². The van der Waals surface area contributed by atoms with Gasteiger partial charge in [0.2, 0.25) is 0 Å². The van der Waals surface area contributed by atoms with E-state index in [1.165, 1.54) is 48.6 Å². The number of phenols is 1. The molecule has 2 N–H and O–H groups in total. The molecular weight excluding hydrogens is 623 g/mol. The van der Waals surface area contributed by atoms with E-state index in [2.05, 4.69) is 28.9 Å². The molecule has 3 aliphatic carbocycles. The molecule has 0 unspecified atom stereocenters. The Morgan fingerprint density at radius 1 is 0.927 bits per heavy atom. The summed E-state index contributed by atoms with van der Waals surface area (Å²) in [5.41, 5.74) is 2.71. The van der Waals surface area contributed by atoms with Gasteiger partial charge >= 0.3 is 12.1 Å². The second-order valence-corrected chi connectivity index (χ2v) is 15.1. The van der Waals surface area contributed by atoms with Crippen LogP contribution < -0.4 is 0 Å². The summed E-state index contributed by atoms with van der Waals surface area (Å²) in [7, 11) is 0. The third kappa shape index (κ3) is 7.58. The van der Waals surface area contributed by atoms with E-state index in [9.17, 15) is 32.2 Å². The van der Waals surface area contributed by atoms with Gasteiger partial charge < -0.3 is 10.2 Å². The quantitative estimate of drug-likeness (QED) is 0.153. The SMILES string of the molecule is C[C@]12CC[C@@H]3c4ccc(O)c(Br)c4C[C@@H](CCCCCCCCCSCCCC(F)(F)C(F)(F)F)[C@H]3[C@@H]1CC[C@@H]2O. The number of phenolic OH excluding ortho intramolecular Hbond substituents is 1. The van der Waals surface area contributed by atoms with Gasteiger partial charge in [0.25, 0.3) is 0 Å². The topological polar surface area (TPSA) is 40.5 Å². The molecule has 0 heterocycles. The number of benzene rings is 1. The minimum absolute atomic E-state index is 0.0253. The molecule has 2 saturated carbocycles. The van der Waals surface area contributed by atoms with Gasteiger partial charge in [-0.05, 0) is 125 Å². The molecule has 1 aromatic rings. The minimum Gasteiger partial charge on any atom is -0.507 e. The van der Waals surface area contributed by atoms with E-state index >= 15 is 0 Å². The molecule has 4 rings (SSSR count). The number of aliphatic hydroxyl groups is 1. The predicted molar refractivity (Wildman–Crippen MR) is 160 cm³/mol. The lowest BCUT2D eigenvalue weighted by Gasteiger charge is -2.53. The summed E-state index contributed by atoms with van der Waals surface area (Å²) in [5, 5.41) is 21.3. The Bertz CT molecular complexity index is 1010. The van der Waals surface area contributed by atoms with Gasteiger partial charge in [0, 0.05) is 6.42 Å². The second kappa shape index (κ2) is 14.0. The number of rotatable bonds is 14. The standard InChI is InChI=1S/C32H46BrF5O2S/c1-30-17-15-23-22-11-13-26(39)29(33)24(22)20-21(28(23)25(30)12-14-27(30)40)10-7-5-3-2-4-6-8-18-41-19-9-16-31(34,35)32(36,37)38/h11,13,21,23,25,27-28,39-40H,2-10,12,14-20H2,1H3/t21-,23-,25+,27+,28-,30+/m1/s1. The highest BCUT2D eigenvalue weighted by atomic mass is 79.9. The Labute approximate surface area is 254 Å². The maximum Gasteiger partial charge on any atom is 0.453 e. The number of aromatic hydroxyl groups is 1. The van der Waals surface area contributed by atoms with Crippen LogP contribution in [0.1, 0.15) is 114 Å². The van der Waals surface area contributed by atoms with Crippen LogP contribution in [0.2, 0.25) is 0 Å². The highest BCUT2D eigenvalue weighted by Gasteiger charge is 2.57. The van der Waals surface area contributed by atoms with Crippen LogP contribution in [0.15, 0.2) is 16.6 Å². The first-order valence-corrected chi connectivity index (χ1v) is 17.5. The number of halogens is 6. The van der Waals surface area contributed by atoms with Crippen molar-refractivity contribution in [3.63, 3.8) is 0 Å². The smallest absolute Gasteiger partial charge is 0.453 e. The summed E-state index contributed by atoms with van der Waals surface area (Å²) in [5.74, 6) is -0.895. The number of aliphatic hydroxyl groups excluding tert-OH is 1. The van der Waals surface area contributed by atoms with Crippen molar-refractivity contribution in [3.8, 4) is 5.75 Å². The second-order valence-electron chi connectivity index (χ2n) is 13.0. The summed E-state index contributed by atoms with van der Waals surface area (Å²) in [6.45, 7) is 2.32. The summed E-state index contributed by atoms with van der Waals surface area (Å²) in [6.07, 6.45) is 7.35. The first-order valence-electron chi connectivity index (χ1n) is 15.6. The fourth-order valence-corrected chi connectivity index (χ4v) is 9.68. The minimum atomic E-state index is -5.44. The van der Waals surface area contributed by atoms with E-state index in [4.69, 9.17) is 0 Å². The summed E-state index contributed by atoms with van der Waals surface area (Å²) >= 11 is 5.15. The van der Waals surface area contributed by atoms with Crippen LogP contribution >= 0.6 is 27.7 Å². The molecule has 0 aliphatic heterocycles. The van der Waals surface area contributed by atoms with E-state index in [1.54, 1.807) is 0 Å². The normalized spacial score (nSPS) is 29.7. The zero-order valence-electron chi connectivity index (χ0n) is 24.1. The lowest BCUT2D eigenvalue weighted by atomic mass is 9.52. The summed E-state index contributed by atoms with van der Waals surface area (Å²) < 4.78 is 63.3. The van der Waals surface area contributed by atoms with E-state index in [0.717, 1.165) is 68.0 Å². The van der Waals surface area contributed by atoms with Crippen LogP contribution in [0, 0.1) is 23.2 Å². The molecule has 0 aromatic heterocycles. The third-order valence-electron chi connectivity index (χ3n) is 10.5. The first-order chi connectivity index (χ1) is 19.4. The van der Waals surface area contributed by atoms with Crippen molar-refractivity contribution in [3.05, 3.63) is 27.7 Å². The van der Waals surface area contributed by atoms with Gasteiger partial charge in [-0.1, -0.05) is 51.5 Å². The van der Waals surface area contributed by atoms with Crippen molar-refractivity contribution < 1.29 is 32.2 Å². The third-order valence-corrected chi connectivity index (χ3v) is 12.5. The lowest BCUT2D eigenvalue weighted by molar-refractivity contribution is -0.284. The summed E-state index contributed by atoms with van der Waals surface area (Å²) in [6, 6.07) is 3.97. The Morgan fingerprint density at radius 2 is 1.59 bits per heavy atom. The fraction of sp³-hybridized carbons (Fsp3) is 0.812. The van der Waals surface area contributed by atoms with Crippen LogP contribution in [0.4, 0.5) is 22.0 Å². The Balaban J connectivity index is 1.16. The summed E-state index contributed by atoms with van der Waals surface area (Å²) in [4.78, 5) is 0. The largest absolute Gasteiger partial charge is 0.507 e. The zero-order valence-corrected chi connectivity index (χ0v) is 26.5. The van der Waals surface area contributed by atoms with Gasteiger partial charge in [-0.3, -0.25) is 0 Å². The van der Waals surface area contributed by atoms with Gasteiger partial charge in [0.1, 0.15) is 5.75 Å². The molecule has 0 saturated heterocycles. The highest BCUT2D eigenvalue weighted by molar-refractivity contribution is 9.10. The van der Waals surface area contributed by atoms with Crippen molar-refractivity contribution in [2.24, 2.45) is 23.2 Å². The predicted octanol–water partition coefficient (Wildman–Crippen LogP) is 10.4.